The molecule has 178 valence electrons. The second kappa shape index (κ2) is 11.8. The minimum absolute atomic E-state index is 0.0779. The van der Waals surface area contributed by atoms with Crippen LogP contribution in [0.15, 0.2) is 57.6 Å². The highest BCUT2D eigenvalue weighted by Crippen LogP contribution is 2.41. The average molecular weight is 541 g/mol. The fraction of sp³-hybridized carbons (Fsp3) is 0.208. The first kappa shape index (κ1) is 26.2. The van der Waals surface area contributed by atoms with Crippen molar-refractivity contribution in [3.63, 3.8) is 0 Å². The number of carbonyl (C=O) groups is 2. The van der Waals surface area contributed by atoms with Gasteiger partial charge in [0.15, 0.2) is 5.75 Å². The third-order valence-electron chi connectivity index (χ3n) is 4.51. The Morgan fingerprint density at radius 2 is 1.74 bits per heavy atom. The van der Waals surface area contributed by atoms with Crippen LogP contribution < -0.4 is 4.74 Å². The number of hydrogen-bond acceptors (Lipinski definition) is 6. The number of ether oxygens (including phenoxy) is 2. The van der Waals surface area contributed by atoms with Gasteiger partial charge in [-0.2, -0.15) is 0 Å². The Hall–Kier alpha value is -2.45. The molecule has 0 spiro atoms. The maximum atomic E-state index is 12.4. The van der Waals surface area contributed by atoms with E-state index in [0.29, 0.717) is 21.2 Å². The molecular formula is C24H20Cl3NO5S. The molecule has 0 aliphatic carbocycles. The van der Waals surface area contributed by atoms with E-state index in [0.717, 1.165) is 17.3 Å². The molecule has 34 heavy (non-hydrogen) atoms. The molecule has 1 N–H and O–H groups in total. The van der Waals surface area contributed by atoms with E-state index in [1.165, 1.54) is 0 Å². The van der Waals surface area contributed by atoms with E-state index in [1.807, 2.05) is 12.1 Å². The number of aliphatic hydroxyl groups excluding tert-OH is 1. The fourth-order valence-electron chi connectivity index (χ4n) is 2.87. The summed E-state index contributed by atoms with van der Waals surface area (Å²) < 4.78 is 10.8. The molecule has 0 bridgehead atoms. The van der Waals surface area contributed by atoms with Crippen molar-refractivity contribution < 1.29 is 24.2 Å². The van der Waals surface area contributed by atoms with Gasteiger partial charge in [-0.25, -0.2) is 9.79 Å². The topological polar surface area (TPSA) is 85.2 Å². The highest BCUT2D eigenvalue weighted by atomic mass is 35.5. The lowest BCUT2D eigenvalue weighted by Gasteiger charge is -2.11. The highest BCUT2D eigenvalue weighted by molar-refractivity contribution is 8.18. The second-order valence-electron chi connectivity index (χ2n) is 6.95. The molecule has 0 saturated heterocycles. The first-order valence-corrected chi connectivity index (χ1v) is 12.2. The number of nitrogens with zero attached hydrogens (tertiary/aromatic N) is 1. The third-order valence-corrected chi connectivity index (χ3v) is 6.35. The van der Waals surface area contributed by atoms with E-state index >= 15 is 0 Å². The quantitative estimate of drug-likeness (QED) is 0.380. The normalized spacial score (nSPS) is 15.8. The number of carbonyl (C=O) groups excluding carboxylic acids is 2. The van der Waals surface area contributed by atoms with Crippen LogP contribution in [0.2, 0.25) is 15.1 Å². The highest BCUT2D eigenvalue weighted by Gasteiger charge is 2.33. The van der Waals surface area contributed by atoms with Crippen LogP contribution in [0.5, 0.6) is 5.75 Å². The van der Waals surface area contributed by atoms with Crippen molar-refractivity contribution in [2.75, 3.05) is 6.61 Å². The van der Waals surface area contributed by atoms with Crippen LogP contribution in [-0.4, -0.2) is 28.6 Å². The van der Waals surface area contributed by atoms with Crippen LogP contribution in [0.3, 0.4) is 0 Å². The lowest BCUT2D eigenvalue weighted by molar-refractivity contribution is -0.138. The van der Waals surface area contributed by atoms with Crippen molar-refractivity contribution >= 4 is 69.6 Å². The molecule has 0 atom stereocenters. The Morgan fingerprint density at radius 3 is 2.32 bits per heavy atom. The minimum Gasteiger partial charge on any atom is -0.506 e. The Balaban J connectivity index is 1.89. The zero-order valence-corrected chi connectivity index (χ0v) is 21.3. The van der Waals surface area contributed by atoms with Gasteiger partial charge in [0.25, 0.3) is 0 Å². The maximum absolute atomic E-state index is 12.4. The number of esters is 1. The zero-order chi connectivity index (χ0) is 24.8. The van der Waals surface area contributed by atoms with E-state index in [9.17, 15) is 14.7 Å². The summed E-state index contributed by atoms with van der Waals surface area (Å²) in [5.41, 5.74) is 1.29. The van der Waals surface area contributed by atoms with Gasteiger partial charge in [0.05, 0.1) is 21.6 Å². The number of aliphatic hydroxyl groups is 1. The van der Waals surface area contributed by atoms with Gasteiger partial charge in [-0.05, 0) is 48.4 Å². The van der Waals surface area contributed by atoms with Crippen LogP contribution in [0, 0.1) is 0 Å². The maximum Gasteiger partial charge on any atom is 0.344 e. The number of hydrogen-bond donors (Lipinski definition) is 1. The summed E-state index contributed by atoms with van der Waals surface area (Å²) in [6, 6.07) is 10.4. The average Bonchev–Trinajstić information content (AvgIpc) is 3.08. The SMILES string of the molecule is CCOC(=O)C1=C(O)/C(=C/c2cc(Cl)c(OCc3ccc(Cl)cc3)c(Cl)c2)SC1=NC(=O)CC. The van der Waals surface area contributed by atoms with Gasteiger partial charge >= 0.3 is 5.97 Å². The van der Waals surface area contributed by atoms with Crippen LogP contribution in [0.1, 0.15) is 31.4 Å². The molecule has 0 radical (unpaired) electrons. The summed E-state index contributed by atoms with van der Waals surface area (Å²) in [7, 11) is 0. The molecule has 6 nitrogen and oxygen atoms in total. The molecule has 10 heteroatoms. The first-order chi connectivity index (χ1) is 16.2. The summed E-state index contributed by atoms with van der Waals surface area (Å²) >= 11 is 19.7. The number of amides is 1. The molecule has 2 aromatic rings. The summed E-state index contributed by atoms with van der Waals surface area (Å²) in [6.07, 6.45) is 1.74. The molecule has 1 amide bonds. The molecule has 1 aliphatic rings. The van der Waals surface area contributed by atoms with E-state index in [2.05, 4.69) is 4.99 Å². The summed E-state index contributed by atoms with van der Waals surface area (Å²) in [5.74, 6) is -1.21. The molecule has 1 aliphatic heterocycles. The predicted molar refractivity (Wildman–Crippen MR) is 137 cm³/mol. The Kier molecular flexibility index (Phi) is 9.08. The minimum atomic E-state index is -0.763. The van der Waals surface area contributed by atoms with Crippen molar-refractivity contribution in [2.24, 2.45) is 4.99 Å². The molecule has 0 saturated carbocycles. The number of thioether (sulfide) groups is 1. The molecule has 3 rings (SSSR count). The molecule has 0 fully saturated rings. The first-order valence-electron chi connectivity index (χ1n) is 10.2. The number of aliphatic imine (C=N–C) groups is 1. The van der Waals surface area contributed by atoms with Crippen molar-refractivity contribution in [1.82, 2.24) is 0 Å². The molecule has 1 heterocycles. The van der Waals surface area contributed by atoms with Crippen LogP contribution in [0.25, 0.3) is 6.08 Å². The predicted octanol–water partition coefficient (Wildman–Crippen LogP) is 7.02. The fourth-order valence-corrected chi connectivity index (χ4v) is 4.64. The van der Waals surface area contributed by atoms with Gasteiger partial charge in [0.1, 0.15) is 23.0 Å². The number of benzene rings is 2. The van der Waals surface area contributed by atoms with Gasteiger partial charge in [0, 0.05) is 11.4 Å². The van der Waals surface area contributed by atoms with Gasteiger partial charge in [-0.1, -0.05) is 65.6 Å². The van der Waals surface area contributed by atoms with Gasteiger partial charge < -0.3 is 14.6 Å². The summed E-state index contributed by atoms with van der Waals surface area (Å²) in [5, 5.41) is 11.9. The van der Waals surface area contributed by atoms with Crippen LogP contribution >= 0.6 is 46.6 Å². The van der Waals surface area contributed by atoms with Gasteiger partial charge in [0.2, 0.25) is 5.91 Å². The largest absolute Gasteiger partial charge is 0.506 e. The van der Waals surface area contributed by atoms with Crippen molar-refractivity contribution in [2.45, 2.75) is 26.9 Å². The molecular weight excluding hydrogens is 521 g/mol. The smallest absolute Gasteiger partial charge is 0.344 e. The van der Waals surface area contributed by atoms with E-state index in [1.54, 1.807) is 44.2 Å². The lowest BCUT2D eigenvalue weighted by Crippen LogP contribution is -2.14. The monoisotopic (exact) mass is 539 g/mol. The van der Waals surface area contributed by atoms with Crippen molar-refractivity contribution in [3.8, 4) is 5.75 Å². The van der Waals surface area contributed by atoms with Crippen LogP contribution in [0.4, 0.5) is 0 Å². The number of halogens is 3. The lowest BCUT2D eigenvalue weighted by atomic mass is 10.1. The summed E-state index contributed by atoms with van der Waals surface area (Å²) in [4.78, 5) is 28.4. The van der Waals surface area contributed by atoms with E-state index in [-0.39, 0.29) is 46.1 Å². The van der Waals surface area contributed by atoms with Crippen LogP contribution in [-0.2, 0) is 20.9 Å². The van der Waals surface area contributed by atoms with Gasteiger partial charge in [-0.3, -0.25) is 4.79 Å². The molecule has 0 unspecified atom stereocenters. The van der Waals surface area contributed by atoms with Gasteiger partial charge in [-0.15, -0.1) is 0 Å². The van der Waals surface area contributed by atoms with E-state index < -0.39 is 11.9 Å². The Labute approximate surface area is 216 Å². The number of rotatable bonds is 7. The summed E-state index contributed by atoms with van der Waals surface area (Å²) in [6.45, 7) is 3.64. The zero-order valence-electron chi connectivity index (χ0n) is 18.2. The Morgan fingerprint density at radius 1 is 1.09 bits per heavy atom. The van der Waals surface area contributed by atoms with Crippen molar-refractivity contribution in [1.29, 1.82) is 0 Å². The molecule has 2 aromatic carbocycles. The Bertz CT molecular complexity index is 1180. The van der Waals surface area contributed by atoms with E-state index in [4.69, 9.17) is 44.3 Å². The molecule has 0 aromatic heterocycles. The third kappa shape index (κ3) is 6.36. The van der Waals surface area contributed by atoms with Crippen molar-refractivity contribution in [3.05, 3.63) is 78.8 Å². The second-order valence-corrected chi connectivity index (χ2v) is 9.23. The standard InChI is InChI=1S/C24H20Cl3NO5S/c1-3-19(29)28-23-20(24(31)32-4-2)21(30)18(34-23)11-14-9-16(26)22(17(27)10-14)33-12-13-5-7-15(25)8-6-13/h5-11,30H,3-4,12H2,1-2H3/b18-11-,28-23?.